The SMILES string of the molecule is Cc1ccc(CS(=O)(=O)Nc2ccc3c(c2)CN(C(=O)c2ccco2)CC3)cc1. The molecule has 150 valence electrons. The number of carbonyl (C=O) groups excluding carboxylic acids is 1. The average molecular weight is 410 g/mol. The molecule has 6 nitrogen and oxygen atoms in total. The summed E-state index contributed by atoms with van der Waals surface area (Å²) in [6.45, 7) is 2.98. The normalized spacial score (nSPS) is 13.8. The number of furan rings is 1. The molecule has 0 radical (unpaired) electrons. The van der Waals surface area contributed by atoms with Gasteiger partial charge in [0.05, 0.1) is 12.0 Å². The van der Waals surface area contributed by atoms with Crippen LogP contribution in [0.3, 0.4) is 0 Å². The summed E-state index contributed by atoms with van der Waals surface area (Å²) in [4.78, 5) is 14.2. The van der Waals surface area contributed by atoms with E-state index >= 15 is 0 Å². The van der Waals surface area contributed by atoms with E-state index in [2.05, 4.69) is 4.72 Å². The summed E-state index contributed by atoms with van der Waals surface area (Å²) in [6.07, 6.45) is 2.20. The number of sulfonamides is 1. The van der Waals surface area contributed by atoms with Crippen LogP contribution in [0.15, 0.2) is 65.3 Å². The summed E-state index contributed by atoms with van der Waals surface area (Å²) in [6, 6.07) is 16.3. The molecular formula is C22H22N2O4S. The summed E-state index contributed by atoms with van der Waals surface area (Å²) >= 11 is 0. The summed E-state index contributed by atoms with van der Waals surface area (Å²) < 4.78 is 33.0. The fourth-order valence-corrected chi connectivity index (χ4v) is 4.66. The van der Waals surface area contributed by atoms with Gasteiger partial charge in [0.15, 0.2) is 5.76 Å². The molecule has 1 N–H and O–H groups in total. The lowest BCUT2D eigenvalue weighted by atomic mass is 9.99. The summed E-state index contributed by atoms with van der Waals surface area (Å²) in [5.74, 6) is 0.0578. The van der Waals surface area contributed by atoms with Crippen LogP contribution in [0.25, 0.3) is 0 Å². The van der Waals surface area contributed by atoms with E-state index < -0.39 is 10.0 Å². The molecule has 0 bridgehead atoms. The predicted molar refractivity (Wildman–Crippen MR) is 111 cm³/mol. The lowest BCUT2D eigenvalue weighted by Gasteiger charge is -2.28. The molecule has 1 aromatic heterocycles. The van der Waals surface area contributed by atoms with Gasteiger partial charge in [-0.25, -0.2) is 8.42 Å². The minimum absolute atomic E-state index is 0.0898. The second kappa shape index (κ2) is 7.75. The van der Waals surface area contributed by atoms with E-state index in [1.807, 2.05) is 43.3 Å². The fourth-order valence-electron chi connectivity index (χ4n) is 3.47. The van der Waals surface area contributed by atoms with Crippen molar-refractivity contribution in [3.8, 4) is 0 Å². The Morgan fingerprint density at radius 2 is 1.90 bits per heavy atom. The molecule has 7 heteroatoms. The highest BCUT2D eigenvalue weighted by atomic mass is 32.2. The minimum atomic E-state index is -3.54. The lowest BCUT2D eigenvalue weighted by Crippen LogP contribution is -2.35. The molecule has 1 aliphatic rings. The van der Waals surface area contributed by atoms with Gasteiger partial charge >= 0.3 is 0 Å². The number of carbonyl (C=O) groups is 1. The van der Waals surface area contributed by atoms with Gasteiger partial charge in [-0.05, 0) is 54.3 Å². The number of rotatable bonds is 5. The molecule has 0 saturated heterocycles. The van der Waals surface area contributed by atoms with Crippen molar-refractivity contribution in [3.63, 3.8) is 0 Å². The smallest absolute Gasteiger partial charge is 0.289 e. The Hall–Kier alpha value is -3.06. The van der Waals surface area contributed by atoms with Crippen LogP contribution in [0.2, 0.25) is 0 Å². The number of nitrogens with one attached hydrogen (secondary N) is 1. The molecule has 4 rings (SSSR count). The van der Waals surface area contributed by atoms with Gasteiger partial charge in [-0.1, -0.05) is 35.9 Å². The Morgan fingerprint density at radius 3 is 2.62 bits per heavy atom. The number of fused-ring (bicyclic) bond motifs is 1. The van der Waals surface area contributed by atoms with Gasteiger partial charge in [0, 0.05) is 18.8 Å². The Morgan fingerprint density at radius 1 is 1.10 bits per heavy atom. The van der Waals surface area contributed by atoms with Gasteiger partial charge < -0.3 is 9.32 Å². The van der Waals surface area contributed by atoms with E-state index in [0.29, 0.717) is 24.5 Å². The number of hydrogen-bond donors (Lipinski definition) is 1. The Labute approximate surface area is 170 Å². The van der Waals surface area contributed by atoms with Gasteiger partial charge in [-0.3, -0.25) is 9.52 Å². The van der Waals surface area contributed by atoms with E-state index in [-0.39, 0.29) is 11.7 Å². The van der Waals surface area contributed by atoms with Crippen molar-refractivity contribution < 1.29 is 17.6 Å². The Kier molecular flexibility index (Phi) is 5.15. The molecule has 0 saturated carbocycles. The molecule has 0 atom stereocenters. The Bertz CT molecular complexity index is 1120. The van der Waals surface area contributed by atoms with Gasteiger partial charge in [0.1, 0.15) is 0 Å². The quantitative estimate of drug-likeness (QED) is 0.695. The maximum Gasteiger partial charge on any atom is 0.289 e. The standard InChI is InChI=1S/C22H22N2O4S/c1-16-4-6-17(7-5-16)15-29(26,27)23-20-9-8-18-10-11-24(14-19(18)13-20)22(25)21-3-2-12-28-21/h2-9,12-13,23H,10-11,14-15H2,1H3. The summed E-state index contributed by atoms with van der Waals surface area (Å²) in [5, 5.41) is 0. The van der Waals surface area contributed by atoms with Gasteiger partial charge in [0.25, 0.3) is 5.91 Å². The van der Waals surface area contributed by atoms with Crippen LogP contribution in [0, 0.1) is 6.92 Å². The topological polar surface area (TPSA) is 79.6 Å². The zero-order valence-electron chi connectivity index (χ0n) is 16.1. The number of amides is 1. The number of benzene rings is 2. The number of anilines is 1. The van der Waals surface area contributed by atoms with Crippen molar-refractivity contribution in [2.75, 3.05) is 11.3 Å². The predicted octanol–water partition coefficient (Wildman–Crippen LogP) is 3.73. The lowest BCUT2D eigenvalue weighted by molar-refractivity contribution is 0.0702. The van der Waals surface area contributed by atoms with E-state index in [9.17, 15) is 13.2 Å². The molecule has 1 aliphatic heterocycles. The van der Waals surface area contributed by atoms with Crippen LogP contribution in [-0.4, -0.2) is 25.8 Å². The van der Waals surface area contributed by atoms with E-state index in [4.69, 9.17) is 4.42 Å². The molecular weight excluding hydrogens is 388 g/mol. The summed E-state index contributed by atoms with van der Waals surface area (Å²) in [5.41, 5.74) is 4.38. The van der Waals surface area contributed by atoms with Crippen LogP contribution in [0.1, 0.15) is 32.8 Å². The largest absolute Gasteiger partial charge is 0.459 e. The van der Waals surface area contributed by atoms with Crippen molar-refractivity contribution in [2.45, 2.75) is 25.6 Å². The third kappa shape index (κ3) is 4.51. The maximum atomic E-state index is 12.6. The molecule has 3 aromatic rings. The summed E-state index contributed by atoms with van der Waals surface area (Å²) in [7, 11) is -3.54. The molecule has 0 aliphatic carbocycles. The molecule has 0 spiro atoms. The van der Waals surface area contributed by atoms with E-state index in [1.54, 1.807) is 23.1 Å². The number of nitrogens with zero attached hydrogens (tertiary/aromatic N) is 1. The molecule has 1 amide bonds. The van der Waals surface area contributed by atoms with E-state index in [1.165, 1.54) is 6.26 Å². The first-order valence-corrected chi connectivity index (χ1v) is 11.1. The highest BCUT2D eigenvalue weighted by Crippen LogP contribution is 2.25. The van der Waals surface area contributed by atoms with Crippen molar-refractivity contribution in [1.29, 1.82) is 0 Å². The third-order valence-corrected chi connectivity index (χ3v) is 6.25. The monoisotopic (exact) mass is 410 g/mol. The Balaban J connectivity index is 1.48. The fraction of sp³-hybridized carbons (Fsp3) is 0.227. The van der Waals surface area contributed by atoms with Crippen molar-refractivity contribution in [3.05, 3.63) is 88.9 Å². The first-order chi connectivity index (χ1) is 13.9. The molecule has 0 unspecified atom stereocenters. The van der Waals surface area contributed by atoms with Crippen LogP contribution >= 0.6 is 0 Å². The zero-order chi connectivity index (χ0) is 20.4. The second-order valence-electron chi connectivity index (χ2n) is 7.28. The number of hydrogen-bond acceptors (Lipinski definition) is 4. The van der Waals surface area contributed by atoms with Gasteiger partial charge in [-0.2, -0.15) is 0 Å². The second-order valence-corrected chi connectivity index (χ2v) is 9.01. The van der Waals surface area contributed by atoms with Crippen molar-refractivity contribution >= 4 is 21.6 Å². The van der Waals surface area contributed by atoms with Crippen molar-refractivity contribution in [1.82, 2.24) is 4.90 Å². The number of aryl methyl sites for hydroxylation is 1. The molecule has 0 fully saturated rings. The zero-order valence-corrected chi connectivity index (χ0v) is 16.9. The molecule has 29 heavy (non-hydrogen) atoms. The van der Waals surface area contributed by atoms with Crippen LogP contribution < -0.4 is 4.72 Å². The van der Waals surface area contributed by atoms with Crippen LogP contribution in [0.5, 0.6) is 0 Å². The van der Waals surface area contributed by atoms with Crippen LogP contribution in [0.4, 0.5) is 5.69 Å². The van der Waals surface area contributed by atoms with Crippen molar-refractivity contribution in [2.24, 2.45) is 0 Å². The molecule has 2 aromatic carbocycles. The first kappa shape index (κ1) is 19.3. The highest BCUT2D eigenvalue weighted by molar-refractivity contribution is 7.91. The third-order valence-electron chi connectivity index (χ3n) is 4.99. The van der Waals surface area contributed by atoms with Gasteiger partial charge in [-0.15, -0.1) is 0 Å². The molecule has 2 heterocycles. The van der Waals surface area contributed by atoms with Gasteiger partial charge in [0.2, 0.25) is 10.0 Å². The van der Waals surface area contributed by atoms with E-state index in [0.717, 1.165) is 28.7 Å². The maximum absolute atomic E-state index is 12.6. The first-order valence-electron chi connectivity index (χ1n) is 9.40. The highest BCUT2D eigenvalue weighted by Gasteiger charge is 2.24. The average Bonchev–Trinajstić information content (AvgIpc) is 3.23. The van der Waals surface area contributed by atoms with Crippen LogP contribution in [-0.2, 0) is 28.7 Å². The minimum Gasteiger partial charge on any atom is -0.459 e.